The number of hydrogen-bond donors (Lipinski definition) is 0. The number of fused-ring (bicyclic) bond motifs is 1. The minimum atomic E-state index is -4.51. The lowest BCUT2D eigenvalue weighted by Crippen LogP contribution is -2.44. The van der Waals surface area contributed by atoms with E-state index in [0.29, 0.717) is 19.5 Å². The molecule has 1 heterocycles. The molecule has 0 aliphatic carbocycles. The fourth-order valence-electron chi connectivity index (χ4n) is 3.18. The highest BCUT2D eigenvalue weighted by molar-refractivity contribution is 5.97. The summed E-state index contributed by atoms with van der Waals surface area (Å²) in [6.07, 6.45) is -3.80. The molecule has 2 aromatic carbocycles. The molecule has 0 fully saturated rings. The Kier molecular flexibility index (Phi) is 5.21. The monoisotopic (exact) mass is 376 g/mol. The summed E-state index contributed by atoms with van der Waals surface area (Å²) in [5, 5.41) is 0. The molecule has 0 aromatic heterocycles. The lowest BCUT2D eigenvalue weighted by molar-refractivity contribution is -0.137. The van der Waals surface area contributed by atoms with Crippen molar-refractivity contribution >= 4 is 17.5 Å². The highest BCUT2D eigenvalue weighted by atomic mass is 19.4. The van der Waals surface area contributed by atoms with Gasteiger partial charge in [0.2, 0.25) is 11.8 Å². The maximum atomic E-state index is 12.9. The van der Waals surface area contributed by atoms with E-state index in [9.17, 15) is 22.8 Å². The molecule has 0 bridgehead atoms. The van der Waals surface area contributed by atoms with Gasteiger partial charge in [0, 0.05) is 25.7 Å². The molecule has 4 nitrogen and oxygen atoms in total. The largest absolute Gasteiger partial charge is 0.416 e. The molecule has 0 spiro atoms. The zero-order chi connectivity index (χ0) is 19.6. The van der Waals surface area contributed by atoms with Crippen LogP contribution in [0.2, 0.25) is 0 Å². The minimum Gasteiger partial charge on any atom is -0.336 e. The van der Waals surface area contributed by atoms with Gasteiger partial charge in [-0.05, 0) is 35.7 Å². The van der Waals surface area contributed by atoms with Crippen LogP contribution in [-0.4, -0.2) is 29.8 Å². The summed E-state index contributed by atoms with van der Waals surface area (Å²) in [6.45, 7) is 1.89. The molecule has 0 atom stereocenters. The van der Waals surface area contributed by atoms with E-state index in [0.717, 1.165) is 22.6 Å². The zero-order valence-electron chi connectivity index (χ0n) is 14.8. The van der Waals surface area contributed by atoms with Gasteiger partial charge in [0.05, 0.1) is 5.56 Å². The summed E-state index contributed by atoms with van der Waals surface area (Å²) in [4.78, 5) is 27.4. The number of carbonyl (C=O) groups is 2. The van der Waals surface area contributed by atoms with Gasteiger partial charge < -0.3 is 9.80 Å². The van der Waals surface area contributed by atoms with Crippen LogP contribution in [0.1, 0.15) is 23.6 Å². The number of anilines is 1. The molecule has 142 valence electrons. The summed E-state index contributed by atoms with van der Waals surface area (Å²) in [5.74, 6) is -0.780. The third kappa shape index (κ3) is 4.30. The third-order valence-corrected chi connectivity index (χ3v) is 4.64. The molecule has 2 amide bonds. The molecule has 7 heteroatoms. The van der Waals surface area contributed by atoms with Gasteiger partial charge in [-0.15, -0.1) is 0 Å². The zero-order valence-corrected chi connectivity index (χ0v) is 14.8. The minimum absolute atomic E-state index is 0.0584. The van der Waals surface area contributed by atoms with E-state index in [4.69, 9.17) is 0 Å². The number of carbonyl (C=O) groups excluding carboxylic acids is 2. The number of hydrogen-bond acceptors (Lipinski definition) is 2. The van der Waals surface area contributed by atoms with Gasteiger partial charge in [-0.2, -0.15) is 13.2 Å². The van der Waals surface area contributed by atoms with Crippen LogP contribution in [-0.2, 0) is 28.7 Å². The van der Waals surface area contributed by atoms with E-state index in [-0.39, 0.29) is 18.1 Å². The van der Waals surface area contributed by atoms with Crippen molar-refractivity contribution in [3.05, 3.63) is 65.2 Å². The first-order chi connectivity index (χ1) is 12.8. The van der Waals surface area contributed by atoms with Crippen LogP contribution in [0.3, 0.4) is 0 Å². The third-order valence-electron chi connectivity index (χ3n) is 4.64. The van der Waals surface area contributed by atoms with Crippen LogP contribution in [0.15, 0.2) is 48.5 Å². The first kappa shape index (κ1) is 18.9. The Morgan fingerprint density at radius 1 is 1.07 bits per heavy atom. The Bertz CT molecular complexity index is 864. The van der Waals surface area contributed by atoms with Gasteiger partial charge in [0.1, 0.15) is 6.54 Å². The fraction of sp³-hybridized carbons (Fsp3) is 0.300. The van der Waals surface area contributed by atoms with Crippen LogP contribution in [0.5, 0.6) is 0 Å². The second kappa shape index (κ2) is 7.42. The average Bonchev–Trinajstić information content (AvgIpc) is 2.64. The second-order valence-electron chi connectivity index (χ2n) is 6.49. The van der Waals surface area contributed by atoms with Gasteiger partial charge in [0.25, 0.3) is 0 Å². The van der Waals surface area contributed by atoms with Crippen molar-refractivity contribution in [1.82, 2.24) is 4.90 Å². The fourth-order valence-corrected chi connectivity index (χ4v) is 3.18. The summed E-state index contributed by atoms with van der Waals surface area (Å²) in [7, 11) is 0. The molecule has 1 aliphatic heterocycles. The van der Waals surface area contributed by atoms with Crippen LogP contribution >= 0.6 is 0 Å². The first-order valence-corrected chi connectivity index (χ1v) is 8.55. The van der Waals surface area contributed by atoms with Crippen molar-refractivity contribution < 1.29 is 22.8 Å². The summed E-state index contributed by atoms with van der Waals surface area (Å²) in [5.41, 5.74) is 1.43. The SMILES string of the molecule is CC(=O)N(CC(=O)N1CCc2ccccc2C1)c1cccc(C(F)(F)F)c1. The Labute approximate surface area is 155 Å². The maximum absolute atomic E-state index is 12.9. The van der Waals surface area contributed by atoms with E-state index in [1.807, 2.05) is 24.3 Å². The Morgan fingerprint density at radius 2 is 1.78 bits per heavy atom. The average molecular weight is 376 g/mol. The van der Waals surface area contributed by atoms with Crippen molar-refractivity contribution in [3.63, 3.8) is 0 Å². The van der Waals surface area contributed by atoms with Crippen molar-refractivity contribution in [2.24, 2.45) is 0 Å². The standard InChI is InChI=1S/C20H19F3N2O2/c1-14(26)25(18-8-4-7-17(11-18)20(21,22)23)13-19(27)24-10-9-15-5-2-3-6-16(15)12-24/h2-8,11H,9-10,12-13H2,1H3. The van der Waals surface area contributed by atoms with E-state index in [2.05, 4.69) is 0 Å². The summed E-state index contributed by atoms with van der Waals surface area (Å²) in [6, 6.07) is 12.3. The maximum Gasteiger partial charge on any atom is 0.416 e. The van der Waals surface area contributed by atoms with Crippen molar-refractivity contribution in [3.8, 4) is 0 Å². The number of nitrogens with zero attached hydrogens (tertiary/aromatic N) is 2. The van der Waals surface area contributed by atoms with Gasteiger partial charge in [-0.3, -0.25) is 9.59 Å². The summed E-state index contributed by atoms with van der Waals surface area (Å²) < 4.78 is 38.8. The smallest absolute Gasteiger partial charge is 0.336 e. The van der Waals surface area contributed by atoms with Crippen LogP contribution in [0.25, 0.3) is 0 Å². The Balaban J connectivity index is 1.78. The number of amides is 2. The lowest BCUT2D eigenvalue weighted by atomic mass is 10.00. The van der Waals surface area contributed by atoms with E-state index in [1.165, 1.54) is 24.6 Å². The quantitative estimate of drug-likeness (QED) is 0.821. The van der Waals surface area contributed by atoms with Crippen LogP contribution < -0.4 is 4.90 Å². The Morgan fingerprint density at radius 3 is 2.44 bits per heavy atom. The second-order valence-corrected chi connectivity index (χ2v) is 6.49. The normalized spacial score (nSPS) is 13.9. The van der Waals surface area contributed by atoms with E-state index < -0.39 is 17.6 Å². The molecule has 0 radical (unpaired) electrons. The van der Waals surface area contributed by atoms with Crippen molar-refractivity contribution in [2.75, 3.05) is 18.0 Å². The van der Waals surface area contributed by atoms with Gasteiger partial charge in [0.15, 0.2) is 0 Å². The molecular formula is C20H19F3N2O2. The summed E-state index contributed by atoms with van der Waals surface area (Å²) >= 11 is 0. The predicted molar refractivity (Wildman–Crippen MR) is 95.0 cm³/mol. The molecule has 0 saturated heterocycles. The number of alkyl halides is 3. The van der Waals surface area contributed by atoms with E-state index in [1.54, 1.807) is 4.90 Å². The van der Waals surface area contributed by atoms with Crippen molar-refractivity contribution in [2.45, 2.75) is 26.1 Å². The van der Waals surface area contributed by atoms with Crippen LogP contribution in [0.4, 0.5) is 18.9 Å². The predicted octanol–water partition coefficient (Wildman–Crippen LogP) is 3.64. The molecule has 0 unspecified atom stereocenters. The first-order valence-electron chi connectivity index (χ1n) is 8.55. The van der Waals surface area contributed by atoms with Gasteiger partial charge in [-0.25, -0.2) is 0 Å². The lowest BCUT2D eigenvalue weighted by Gasteiger charge is -2.31. The van der Waals surface area contributed by atoms with Crippen LogP contribution in [0, 0.1) is 0 Å². The number of halogens is 3. The molecule has 2 aromatic rings. The molecule has 0 saturated carbocycles. The molecule has 0 N–H and O–H groups in total. The highest BCUT2D eigenvalue weighted by Gasteiger charge is 2.31. The van der Waals surface area contributed by atoms with E-state index >= 15 is 0 Å². The molecule has 3 rings (SSSR count). The molecule has 27 heavy (non-hydrogen) atoms. The number of benzene rings is 2. The Hall–Kier alpha value is -2.83. The number of rotatable bonds is 3. The van der Waals surface area contributed by atoms with Gasteiger partial charge >= 0.3 is 6.18 Å². The molecule has 1 aliphatic rings. The van der Waals surface area contributed by atoms with Crippen molar-refractivity contribution in [1.29, 1.82) is 0 Å². The van der Waals surface area contributed by atoms with Gasteiger partial charge in [-0.1, -0.05) is 30.3 Å². The topological polar surface area (TPSA) is 40.6 Å². The highest BCUT2D eigenvalue weighted by Crippen LogP contribution is 2.31. The molecular weight excluding hydrogens is 357 g/mol.